The number of anilines is 1. The highest BCUT2D eigenvalue weighted by molar-refractivity contribution is 7.92. The molecule has 0 aliphatic carbocycles. The van der Waals surface area contributed by atoms with Crippen molar-refractivity contribution in [2.45, 2.75) is 25.7 Å². The van der Waals surface area contributed by atoms with E-state index in [0.29, 0.717) is 11.1 Å². The fourth-order valence-corrected chi connectivity index (χ4v) is 3.91. The van der Waals surface area contributed by atoms with E-state index < -0.39 is 10.0 Å². The van der Waals surface area contributed by atoms with Crippen LogP contribution in [0.1, 0.15) is 16.7 Å². The minimum absolute atomic E-state index is 0.0391. The van der Waals surface area contributed by atoms with Gasteiger partial charge in [0.15, 0.2) is 18.1 Å². The van der Waals surface area contributed by atoms with Crippen molar-refractivity contribution >= 4 is 15.7 Å². The predicted octanol–water partition coefficient (Wildman–Crippen LogP) is 3.10. The van der Waals surface area contributed by atoms with Crippen LogP contribution in [0, 0.1) is 20.8 Å². The molecule has 140 valence electrons. The van der Waals surface area contributed by atoms with Gasteiger partial charge in [0.25, 0.3) is 15.7 Å². The van der Waals surface area contributed by atoms with E-state index >= 15 is 0 Å². The van der Waals surface area contributed by atoms with Gasteiger partial charge in [0.1, 0.15) is 5.69 Å². The van der Waals surface area contributed by atoms with Gasteiger partial charge in [0.2, 0.25) is 5.75 Å². The zero-order chi connectivity index (χ0) is 19.8. The lowest BCUT2D eigenvalue weighted by molar-refractivity contribution is -0.596. The van der Waals surface area contributed by atoms with Crippen molar-refractivity contribution in [1.29, 1.82) is 0 Å². The molecule has 1 heterocycles. The predicted molar refractivity (Wildman–Crippen MR) is 103 cm³/mol. The standard InChI is InChI=1S/C20H20N2O4S/c1-13-7-9-16(10-8-13)27(25,26)21-17-14(2)15(3)19(23)18(20(17)24)22-11-5-4-6-12-22/h4-12,21H,1-3H3,(H-,23,24)/p+1. The van der Waals surface area contributed by atoms with Gasteiger partial charge in [-0.1, -0.05) is 23.8 Å². The molecule has 0 saturated carbocycles. The number of benzene rings is 2. The Labute approximate surface area is 158 Å². The molecule has 3 aromatic rings. The van der Waals surface area contributed by atoms with Crippen LogP contribution in [0.3, 0.4) is 0 Å². The second-order valence-corrected chi connectivity index (χ2v) is 8.05. The van der Waals surface area contributed by atoms with Gasteiger partial charge in [-0.25, -0.2) is 8.42 Å². The Morgan fingerprint density at radius 3 is 2.04 bits per heavy atom. The van der Waals surface area contributed by atoms with Crippen LogP contribution in [0.2, 0.25) is 0 Å². The van der Waals surface area contributed by atoms with E-state index in [1.54, 1.807) is 56.6 Å². The second-order valence-electron chi connectivity index (χ2n) is 6.37. The van der Waals surface area contributed by atoms with Gasteiger partial charge >= 0.3 is 0 Å². The molecule has 0 bridgehead atoms. The van der Waals surface area contributed by atoms with Crippen LogP contribution < -0.4 is 9.29 Å². The number of nitrogens with zero attached hydrogens (tertiary/aromatic N) is 1. The first-order chi connectivity index (χ1) is 12.7. The van der Waals surface area contributed by atoms with E-state index in [9.17, 15) is 18.6 Å². The molecule has 0 aliphatic heterocycles. The summed E-state index contributed by atoms with van der Waals surface area (Å²) >= 11 is 0. The number of hydrogen-bond acceptors (Lipinski definition) is 4. The number of hydrogen-bond donors (Lipinski definition) is 3. The quantitative estimate of drug-likeness (QED) is 0.366. The third-order valence-electron chi connectivity index (χ3n) is 4.52. The molecule has 6 nitrogen and oxygen atoms in total. The molecule has 0 radical (unpaired) electrons. The number of sulfonamides is 1. The van der Waals surface area contributed by atoms with Crippen molar-refractivity contribution in [3.8, 4) is 17.2 Å². The number of aryl methyl sites for hydroxylation is 1. The number of phenols is 2. The molecule has 27 heavy (non-hydrogen) atoms. The average molecular weight is 385 g/mol. The summed E-state index contributed by atoms with van der Waals surface area (Å²) in [6.45, 7) is 5.18. The number of rotatable bonds is 4. The van der Waals surface area contributed by atoms with Crippen LogP contribution >= 0.6 is 0 Å². The second kappa shape index (κ2) is 6.92. The SMILES string of the molecule is Cc1ccc(S(=O)(=O)Nc2c(C)c(C)c(O)c(-[n+]3ccccc3)c2O)cc1. The van der Waals surface area contributed by atoms with E-state index in [4.69, 9.17) is 0 Å². The number of nitrogens with one attached hydrogen (secondary N) is 1. The molecule has 0 spiro atoms. The zero-order valence-electron chi connectivity index (χ0n) is 15.3. The van der Waals surface area contributed by atoms with Crippen LogP contribution in [0.5, 0.6) is 11.5 Å². The molecule has 3 rings (SSSR count). The third-order valence-corrected chi connectivity index (χ3v) is 5.89. The maximum atomic E-state index is 12.8. The number of phenolic OH excluding ortho intramolecular Hbond substituents is 2. The molecule has 2 aromatic carbocycles. The first-order valence-electron chi connectivity index (χ1n) is 8.33. The fraction of sp³-hybridized carbons (Fsp3) is 0.150. The molecular formula is C20H21N2O4S+. The summed E-state index contributed by atoms with van der Waals surface area (Å²) in [5.41, 5.74) is 2.01. The molecule has 0 amide bonds. The highest BCUT2D eigenvalue weighted by Crippen LogP contribution is 2.41. The van der Waals surface area contributed by atoms with Gasteiger partial charge in [0, 0.05) is 17.7 Å². The zero-order valence-corrected chi connectivity index (χ0v) is 16.1. The van der Waals surface area contributed by atoms with E-state index in [2.05, 4.69) is 4.72 Å². The lowest BCUT2D eigenvalue weighted by Crippen LogP contribution is -2.30. The van der Waals surface area contributed by atoms with Crippen molar-refractivity contribution in [2.24, 2.45) is 0 Å². The van der Waals surface area contributed by atoms with E-state index in [1.165, 1.54) is 16.7 Å². The van der Waals surface area contributed by atoms with Crippen molar-refractivity contribution in [2.75, 3.05) is 4.72 Å². The normalized spacial score (nSPS) is 11.4. The number of aromatic nitrogens is 1. The average Bonchev–Trinajstić information content (AvgIpc) is 2.65. The minimum Gasteiger partial charge on any atom is -0.502 e. The largest absolute Gasteiger partial charge is 0.502 e. The first kappa shape index (κ1) is 18.7. The molecule has 7 heteroatoms. The molecule has 0 aliphatic rings. The molecule has 0 saturated heterocycles. The van der Waals surface area contributed by atoms with Crippen LogP contribution in [0.25, 0.3) is 5.69 Å². The lowest BCUT2D eigenvalue weighted by atomic mass is 10.0. The van der Waals surface area contributed by atoms with Gasteiger partial charge in [0.05, 0.1) is 4.90 Å². The highest BCUT2D eigenvalue weighted by Gasteiger charge is 2.28. The highest BCUT2D eigenvalue weighted by atomic mass is 32.2. The molecular weight excluding hydrogens is 364 g/mol. The molecule has 0 atom stereocenters. The summed E-state index contributed by atoms with van der Waals surface area (Å²) in [5.74, 6) is -0.457. The number of pyridine rings is 1. The van der Waals surface area contributed by atoms with Gasteiger partial charge in [-0.2, -0.15) is 4.57 Å². The Kier molecular flexibility index (Phi) is 4.80. The number of aromatic hydroxyl groups is 2. The van der Waals surface area contributed by atoms with Gasteiger partial charge < -0.3 is 10.2 Å². The van der Waals surface area contributed by atoms with Crippen molar-refractivity contribution < 1.29 is 23.2 Å². The van der Waals surface area contributed by atoms with E-state index in [-0.39, 0.29) is 27.8 Å². The Hall–Kier alpha value is -3.06. The monoisotopic (exact) mass is 385 g/mol. The Bertz CT molecular complexity index is 1090. The smallest absolute Gasteiger partial charge is 0.297 e. The molecule has 1 aromatic heterocycles. The maximum Gasteiger partial charge on any atom is 0.297 e. The summed E-state index contributed by atoms with van der Waals surface area (Å²) in [5, 5.41) is 21.3. The van der Waals surface area contributed by atoms with Crippen LogP contribution in [0.4, 0.5) is 5.69 Å². The fourth-order valence-electron chi connectivity index (χ4n) is 2.78. The van der Waals surface area contributed by atoms with Gasteiger partial charge in [-0.05, 0) is 38.5 Å². The Morgan fingerprint density at radius 2 is 1.44 bits per heavy atom. The minimum atomic E-state index is -3.90. The molecule has 3 N–H and O–H groups in total. The summed E-state index contributed by atoms with van der Waals surface area (Å²) in [7, 11) is -3.90. The Balaban J connectivity index is 2.16. The van der Waals surface area contributed by atoms with Crippen LogP contribution in [0.15, 0.2) is 59.8 Å². The van der Waals surface area contributed by atoms with E-state index in [1.807, 2.05) is 6.92 Å². The van der Waals surface area contributed by atoms with Gasteiger partial charge in [-0.15, -0.1) is 0 Å². The third kappa shape index (κ3) is 3.46. The first-order valence-corrected chi connectivity index (χ1v) is 9.82. The topological polar surface area (TPSA) is 90.5 Å². The van der Waals surface area contributed by atoms with Gasteiger partial charge in [-0.3, -0.25) is 4.72 Å². The van der Waals surface area contributed by atoms with Crippen molar-refractivity contribution in [3.05, 3.63) is 71.5 Å². The summed E-state index contributed by atoms with van der Waals surface area (Å²) < 4.78 is 29.5. The van der Waals surface area contributed by atoms with E-state index in [0.717, 1.165) is 5.56 Å². The van der Waals surface area contributed by atoms with Crippen LogP contribution in [-0.2, 0) is 10.0 Å². The summed E-state index contributed by atoms with van der Waals surface area (Å²) in [6.07, 6.45) is 3.31. The molecule has 0 fully saturated rings. The Morgan fingerprint density at radius 1 is 0.852 bits per heavy atom. The van der Waals surface area contributed by atoms with Crippen LogP contribution in [-0.4, -0.2) is 18.6 Å². The van der Waals surface area contributed by atoms with Crippen molar-refractivity contribution in [3.63, 3.8) is 0 Å². The summed E-state index contributed by atoms with van der Waals surface area (Å²) in [6, 6.07) is 11.7. The summed E-state index contributed by atoms with van der Waals surface area (Å²) in [4.78, 5) is 0.0894. The molecule has 0 unspecified atom stereocenters. The van der Waals surface area contributed by atoms with Crippen molar-refractivity contribution in [1.82, 2.24) is 0 Å². The maximum absolute atomic E-state index is 12.8. The lowest BCUT2D eigenvalue weighted by Gasteiger charge is -2.16.